The summed E-state index contributed by atoms with van der Waals surface area (Å²) in [7, 11) is 1.75. The molecule has 5 nitrogen and oxygen atoms in total. The number of carbonyl (C=O) groups is 1. The first-order valence-corrected chi connectivity index (χ1v) is 5.37. The van der Waals surface area contributed by atoms with Gasteiger partial charge in [-0.15, -0.1) is 5.10 Å². The van der Waals surface area contributed by atoms with Crippen molar-refractivity contribution in [1.29, 1.82) is 0 Å². The fourth-order valence-corrected chi connectivity index (χ4v) is 1.62. The Morgan fingerprint density at radius 1 is 1.53 bits per heavy atom. The molecule has 0 aliphatic carbocycles. The van der Waals surface area contributed by atoms with Crippen LogP contribution < -0.4 is 5.73 Å². The molecule has 0 atom stereocenters. The second-order valence-electron chi connectivity index (χ2n) is 3.72. The predicted molar refractivity (Wildman–Crippen MR) is 64.9 cm³/mol. The van der Waals surface area contributed by atoms with Crippen LogP contribution in [0.1, 0.15) is 16.1 Å². The lowest BCUT2D eigenvalue weighted by molar-refractivity contribution is 0.0992. The lowest BCUT2D eigenvalue weighted by Crippen LogP contribution is -2.04. The van der Waals surface area contributed by atoms with E-state index >= 15 is 0 Å². The van der Waals surface area contributed by atoms with Gasteiger partial charge in [0, 0.05) is 18.8 Å². The molecule has 1 aromatic carbocycles. The third-order valence-electron chi connectivity index (χ3n) is 2.31. The standard InChI is InChI=1S/C11H11ClN4O/c1-16-6-8(14-15-16)5-11(17)7-2-3-10(13)9(12)4-7/h2-4,6H,5,13H2,1H3. The van der Waals surface area contributed by atoms with E-state index in [0.29, 0.717) is 22.0 Å². The molecule has 6 heteroatoms. The van der Waals surface area contributed by atoms with Crippen LogP contribution in [0.15, 0.2) is 24.4 Å². The summed E-state index contributed by atoms with van der Waals surface area (Å²) in [6.45, 7) is 0. The van der Waals surface area contributed by atoms with Gasteiger partial charge in [0.2, 0.25) is 0 Å². The van der Waals surface area contributed by atoms with Crippen molar-refractivity contribution in [2.24, 2.45) is 7.05 Å². The molecular weight excluding hydrogens is 240 g/mol. The quantitative estimate of drug-likeness (QED) is 0.661. The number of aryl methyl sites for hydroxylation is 1. The van der Waals surface area contributed by atoms with Crippen LogP contribution in [-0.4, -0.2) is 20.8 Å². The fourth-order valence-electron chi connectivity index (χ4n) is 1.44. The zero-order chi connectivity index (χ0) is 12.4. The fraction of sp³-hybridized carbons (Fsp3) is 0.182. The average Bonchev–Trinajstić information content (AvgIpc) is 2.68. The van der Waals surface area contributed by atoms with Crippen molar-refractivity contribution in [2.75, 3.05) is 5.73 Å². The molecule has 0 amide bonds. The molecule has 0 saturated carbocycles. The van der Waals surface area contributed by atoms with E-state index in [-0.39, 0.29) is 12.2 Å². The van der Waals surface area contributed by atoms with Crippen LogP contribution in [0.2, 0.25) is 5.02 Å². The highest BCUT2D eigenvalue weighted by molar-refractivity contribution is 6.33. The Morgan fingerprint density at radius 2 is 2.29 bits per heavy atom. The second-order valence-corrected chi connectivity index (χ2v) is 4.13. The van der Waals surface area contributed by atoms with Gasteiger partial charge in [-0.1, -0.05) is 16.8 Å². The monoisotopic (exact) mass is 250 g/mol. The number of nitrogen functional groups attached to an aromatic ring is 1. The zero-order valence-corrected chi connectivity index (χ0v) is 9.98. The van der Waals surface area contributed by atoms with Gasteiger partial charge in [-0.25, -0.2) is 0 Å². The molecule has 0 fully saturated rings. The van der Waals surface area contributed by atoms with Gasteiger partial charge >= 0.3 is 0 Å². The van der Waals surface area contributed by atoms with Crippen molar-refractivity contribution < 1.29 is 4.79 Å². The number of anilines is 1. The average molecular weight is 251 g/mol. The minimum atomic E-state index is -0.0626. The number of ketones is 1. The van der Waals surface area contributed by atoms with Crippen LogP contribution in [0.5, 0.6) is 0 Å². The maximum Gasteiger partial charge on any atom is 0.168 e. The third kappa shape index (κ3) is 2.62. The number of Topliss-reactive ketones (excluding diaryl/α,β-unsaturated/α-hetero) is 1. The highest BCUT2D eigenvalue weighted by Crippen LogP contribution is 2.20. The first kappa shape index (κ1) is 11.6. The van der Waals surface area contributed by atoms with Crippen molar-refractivity contribution in [1.82, 2.24) is 15.0 Å². The van der Waals surface area contributed by atoms with Crippen molar-refractivity contribution >= 4 is 23.1 Å². The van der Waals surface area contributed by atoms with Crippen LogP contribution >= 0.6 is 11.6 Å². The summed E-state index contributed by atoms with van der Waals surface area (Å²) in [6.07, 6.45) is 1.91. The number of benzene rings is 1. The van der Waals surface area contributed by atoms with Crippen LogP contribution in [0.25, 0.3) is 0 Å². The number of halogens is 1. The van der Waals surface area contributed by atoms with Crippen LogP contribution in [0.3, 0.4) is 0 Å². The topological polar surface area (TPSA) is 73.8 Å². The molecule has 17 heavy (non-hydrogen) atoms. The first-order chi connectivity index (χ1) is 8.06. The highest BCUT2D eigenvalue weighted by Gasteiger charge is 2.10. The number of hydrogen-bond acceptors (Lipinski definition) is 4. The summed E-state index contributed by atoms with van der Waals surface area (Å²) in [5, 5.41) is 8.00. The van der Waals surface area contributed by atoms with E-state index in [0.717, 1.165) is 0 Å². The smallest absolute Gasteiger partial charge is 0.168 e. The van der Waals surface area contributed by atoms with E-state index < -0.39 is 0 Å². The van der Waals surface area contributed by atoms with Crippen molar-refractivity contribution in [3.05, 3.63) is 40.7 Å². The lowest BCUT2D eigenvalue weighted by atomic mass is 10.1. The van der Waals surface area contributed by atoms with E-state index in [1.54, 1.807) is 36.1 Å². The van der Waals surface area contributed by atoms with Crippen LogP contribution in [0.4, 0.5) is 5.69 Å². The highest BCUT2D eigenvalue weighted by atomic mass is 35.5. The zero-order valence-electron chi connectivity index (χ0n) is 9.22. The number of carbonyl (C=O) groups excluding carboxylic acids is 1. The largest absolute Gasteiger partial charge is 0.398 e. The Hall–Kier alpha value is -1.88. The Labute approximate surface area is 103 Å². The van der Waals surface area contributed by atoms with Gasteiger partial charge in [0.15, 0.2) is 5.78 Å². The van der Waals surface area contributed by atoms with E-state index in [4.69, 9.17) is 17.3 Å². The minimum absolute atomic E-state index is 0.0626. The summed E-state index contributed by atoms with van der Waals surface area (Å²) < 4.78 is 1.55. The Kier molecular flexibility index (Phi) is 3.10. The summed E-state index contributed by atoms with van der Waals surface area (Å²) >= 11 is 5.86. The molecule has 0 bridgehead atoms. The molecule has 0 unspecified atom stereocenters. The molecule has 0 spiro atoms. The van der Waals surface area contributed by atoms with E-state index in [2.05, 4.69) is 10.3 Å². The van der Waals surface area contributed by atoms with E-state index in [1.165, 1.54) is 0 Å². The maximum atomic E-state index is 11.9. The summed E-state index contributed by atoms with van der Waals surface area (Å²) in [5.74, 6) is -0.0626. The molecule has 0 aliphatic heterocycles. The molecule has 1 heterocycles. The van der Waals surface area contributed by atoms with E-state index in [9.17, 15) is 4.79 Å². The number of aromatic nitrogens is 3. The Balaban J connectivity index is 2.17. The van der Waals surface area contributed by atoms with Gasteiger partial charge in [0.25, 0.3) is 0 Å². The molecule has 0 radical (unpaired) electrons. The molecule has 2 aromatic rings. The summed E-state index contributed by atoms with van der Waals surface area (Å²) in [4.78, 5) is 11.9. The summed E-state index contributed by atoms with van der Waals surface area (Å²) in [5.41, 5.74) is 7.19. The number of nitrogens with two attached hydrogens (primary N) is 1. The molecule has 0 aliphatic rings. The van der Waals surface area contributed by atoms with Crippen LogP contribution in [-0.2, 0) is 13.5 Å². The normalized spacial score (nSPS) is 10.5. The third-order valence-corrected chi connectivity index (χ3v) is 2.64. The molecule has 2 N–H and O–H groups in total. The van der Waals surface area contributed by atoms with Gasteiger partial charge in [-0.3, -0.25) is 9.48 Å². The van der Waals surface area contributed by atoms with Gasteiger partial charge in [0.1, 0.15) is 0 Å². The second kappa shape index (κ2) is 4.55. The predicted octanol–water partition coefficient (Wildman–Crippen LogP) is 1.48. The molecule has 0 saturated heterocycles. The SMILES string of the molecule is Cn1cc(CC(=O)c2ccc(N)c(Cl)c2)nn1. The number of hydrogen-bond donors (Lipinski definition) is 1. The van der Waals surface area contributed by atoms with Crippen molar-refractivity contribution in [3.63, 3.8) is 0 Å². The Bertz CT molecular complexity index is 564. The number of nitrogens with zero attached hydrogens (tertiary/aromatic N) is 3. The van der Waals surface area contributed by atoms with Gasteiger partial charge in [-0.2, -0.15) is 0 Å². The van der Waals surface area contributed by atoms with Crippen LogP contribution in [0, 0.1) is 0 Å². The van der Waals surface area contributed by atoms with Gasteiger partial charge in [-0.05, 0) is 18.2 Å². The van der Waals surface area contributed by atoms with Gasteiger partial charge in [0.05, 0.1) is 22.8 Å². The van der Waals surface area contributed by atoms with E-state index in [1.807, 2.05) is 0 Å². The Morgan fingerprint density at radius 3 is 2.88 bits per heavy atom. The van der Waals surface area contributed by atoms with Crippen molar-refractivity contribution in [3.8, 4) is 0 Å². The maximum absolute atomic E-state index is 11.9. The molecular formula is C11H11ClN4O. The summed E-state index contributed by atoms with van der Waals surface area (Å²) in [6, 6.07) is 4.84. The van der Waals surface area contributed by atoms with Crippen molar-refractivity contribution in [2.45, 2.75) is 6.42 Å². The number of rotatable bonds is 3. The molecule has 1 aromatic heterocycles. The van der Waals surface area contributed by atoms with Gasteiger partial charge < -0.3 is 5.73 Å². The first-order valence-electron chi connectivity index (χ1n) is 4.99. The minimum Gasteiger partial charge on any atom is -0.398 e. The molecule has 2 rings (SSSR count). The lowest BCUT2D eigenvalue weighted by Gasteiger charge is -2.01. The molecule has 88 valence electrons.